The molecule has 0 radical (unpaired) electrons. The molecule has 1 N–H and O–H groups in total. The summed E-state index contributed by atoms with van der Waals surface area (Å²) in [5.74, 6) is 0.120. The highest BCUT2D eigenvalue weighted by molar-refractivity contribution is 9.10. The van der Waals surface area contributed by atoms with Crippen LogP contribution in [0.3, 0.4) is 0 Å². The summed E-state index contributed by atoms with van der Waals surface area (Å²) in [6.07, 6.45) is 3.20. The number of Topliss-reactive ketones (excluding diaryl/α,β-unsaturated/α-hetero) is 1. The summed E-state index contributed by atoms with van der Waals surface area (Å²) in [6.45, 7) is 2.07. The van der Waals surface area contributed by atoms with Crippen LogP contribution in [-0.2, 0) is 15.0 Å². The zero-order chi connectivity index (χ0) is 13.6. The molecule has 1 fully saturated rings. The fraction of sp³-hybridized carbons (Fsp3) is 0.467. The van der Waals surface area contributed by atoms with Gasteiger partial charge in [-0.3, -0.25) is 9.59 Å². The van der Waals surface area contributed by atoms with Crippen LogP contribution in [0.15, 0.2) is 22.7 Å². The minimum Gasteiger partial charge on any atom is -0.325 e. The molecule has 1 aromatic carbocycles. The van der Waals surface area contributed by atoms with Crippen LogP contribution in [0.4, 0.5) is 5.69 Å². The lowest BCUT2D eigenvalue weighted by molar-refractivity contribution is -0.124. The Labute approximate surface area is 120 Å². The Morgan fingerprint density at radius 3 is 3.05 bits per heavy atom. The number of amides is 1. The van der Waals surface area contributed by atoms with E-state index < -0.39 is 5.41 Å². The fourth-order valence-electron chi connectivity index (χ4n) is 3.08. The molecule has 1 aromatic rings. The largest absolute Gasteiger partial charge is 0.325 e. The van der Waals surface area contributed by atoms with E-state index in [1.807, 2.05) is 18.2 Å². The molecule has 1 aliphatic heterocycles. The van der Waals surface area contributed by atoms with Crippen LogP contribution >= 0.6 is 15.9 Å². The van der Waals surface area contributed by atoms with Crippen molar-refractivity contribution in [3.63, 3.8) is 0 Å². The highest BCUT2D eigenvalue weighted by Gasteiger charge is 2.67. The predicted molar refractivity (Wildman–Crippen MR) is 77.1 cm³/mol. The average Bonchev–Trinajstić information content (AvgIpc) is 3.08. The van der Waals surface area contributed by atoms with Crippen molar-refractivity contribution in [1.29, 1.82) is 0 Å². The molecule has 4 heteroatoms. The monoisotopic (exact) mass is 321 g/mol. The summed E-state index contributed by atoms with van der Waals surface area (Å²) in [5, 5.41) is 2.91. The number of nitrogens with one attached hydrogen (secondary N) is 1. The quantitative estimate of drug-likeness (QED) is 0.923. The molecule has 2 aliphatic rings. The Hall–Kier alpha value is -1.16. The molecule has 3 nitrogen and oxygen atoms in total. The first-order valence-corrected chi connectivity index (χ1v) is 7.53. The summed E-state index contributed by atoms with van der Waals surface area (Å²) in [7, 11) is 0. The molecule has 0 aromatic heterocycles. The van der Waals surface area contributed by atoms with Gasteiger partial charge in [0.25, 0.3) is 0 Å². The molecular weight excluding hydrogens is 306 g/mol. The molecule has 3 rings (SSSR count). The maximum atomic E-state index is 12.2. The second-order valence-corrected chi connectivity index (χ2v) is 6.36. The van der Waals surface area contributed by atoms with E-state index in [-0.39, 0.29) is 17.6 Å². The number of ketones is 1. The maximum absolute atomic E-state index is 12.2. The number of carbonyl (C=O) groups is 2. The van der Waals surface area contributed by atoms with Crippen molar-refractivity contribution in [2.24, 2.45) is 5.92 Å². The summed E-state index contributed by atoms with van der Waals surface area (Å²) in [5.41, 5.74) is 1.28. The van der Waals surface area contributed by atoms with E-state index in [1.165, 1.54) is 0 Å². The van der Waals surface area contributed by atoms with Crippen LogP contribution in [0.1, 0.15) is 38.2 Å². The summed E-state index contributed by atoms with van der Waals surface area (Å²) < 4.78 is 0.953. The van der Waals surface area contributed by atoms with Gasteiger partial charge in [0.05, 0.1) is 5.41 Å². The van der Waals surface area contributed by atoms with E-state index in [4.69, 9.17) is 0 Å². The van der Waals surface area contributed by atoms with Crippen molar-refractivity contribution in [1.82, 2.24) is 0 Å². The third-order valence-corrected chi connectivity index (χ3v) is 4.74. The molecule has 1 saturated carbocycles. The van der Waals surface area contributed by atoms with Gasteiger partial charge in [0.2, 0.25) is 5.91 Å². The van der Waals surface area contributed by atoms with Gasteiger partial charge in [-0.2, -0.15) is 0 Å². The standard InChI is InChI=1S/C15H16BrNO2/c1-2-3-4-13(18)11-8-15(11)10-7-9(16)5-6-12(10)17-14(15)19/h5-7,11H,2-4,8H2,1H3,(H,17,19)/t11-,15-/m1/s1. The number of hydrogen-bond acceptors (Lipinski definition) is 2. The normalized spacial score (nSPS) is 27.3. The summed E-state index contributed by atoms with van der Waals surface area (Å²) in [6, 6.07) is 5.78. The lowest BCUT2D eigenvalue weighted by atomic mass is 9.92. The van der Waals surface area contributed by atoms with Gasteiger partial charge in [0.15, 0.2) is 0 Å². The molecule has 2 atom stereocenters. The maximum Gasteiger partial charge on any atom is 0.235 e. The molecule has 0 saturated heterocycles. The van der Waals surface area contributed by atoms with Crippen molar-refractivity contribution < 1.29 is 9.59 Å². The van der Waals surface area contributed by atoms with Crippen LogP contribution < -0.4 is 5.32 Å². The van der Waals surface area contributed by atoms with Crippen LogP contribution in [-0.4, -0.2) is 11.7 Å². The van der Waals surface area contributed by atoms with Crippen molar-refractivity contribution in [3.8, 4) is 0 Å². The molecule has 100 valence electrons. The number of carbonyl (C=O) groups excluding carboxylic acids is 2. The third kappa shape index (κ3) is 1.84. The SMILES string of the molecule is CCCCC(=O)[C@H]1C[C@]12C(=O)Nc1ccc(Br)cc12. The molecule has 19 heavy (non-hydrogen) atoms. The minimum absolute atomic E-state index is 0.00421. The number of halogens is 1. The van der Waals surface area contributed by atoms with Crippen molar-refractivity contribution in [2.75, 3.05) is 5.32 Å². The Morgan fingerprint density at radius 1 is 1.53 bits per heavy atom. The van der Waals surface area contributed by atoms with Crippen LogP contribution in [0, 0.1) is 5.92 Å². The Kier molecular flexibility index (Phi) is 3.01. The zero-order valence-electron chi connectivity index (χ0n) is 10.8. The highest BCUT2D eigenvalue weighted by Crippen LogP contribution is 2.60. The van der Waals surface area contributed by atoms with E-state index in [0.29, 0.717) is 12.8 Å². The molecular formula is C15H16BrNO2. The van der Waals surface area contributed by atoms with Gasteiger partial charge in [-0.05, 0) is 36.6 Å². The van der Waals surface area contributed by atoms with Gasteiger partial charge < -0.3 is 5.32 Å². The number of hydrogen-bond donors (Lipinski definition) is 1. The van der Waals surface area contributed by atoms with E-state index in [2.05, 4.69) is 28.2 Å². The van der Waals surface area contributed by atoms with E-state index in [9.17, 15) is 9.59 Å². The van der Waals surface area contributed by atoms with Crippen LogP contribution in [0.5, 0.6) is 0 Å². The first-order chi connectivity index (χ1) is 9.09. The lowest BCUT2D eigenvalue weighted by Crippen LogP contribution is -2.24. The first kappa shape index (κ1) is 12.9. The predicted octanol–water partition coefficient (Wildman–Crippen LogP) is 3.42. The van der Waals surface area contributed by atoms with Crippen molar-refractivity contribution >= 4 is 33.3 Å². The average molecular weight is 322 g/mol. The molecule has 1 amide bonds. The van der Waals surface area contributed by atoms with E-state index in [0.717, 1.165) is 28.6 Å². The third-order valence-electron chi connectivity index (χ3n) is 4.24. The van der Waals surface area contributed by atoms with Crippen molar-refractivity contribution in [3.05, 3.63) is 28.2 Å². The molecule has 1 heterocycles. The number of fused-ring (bicyclic) bond motifs is 2. The second-order valence-electron chi connectivity index (χ2n) is 5.44. The number of rotatable bonds is 4. The Morgan fingerprint density at radius 2 is 2.32 bits per heavy atom. The Bertz CT molecular complexity index is 569. The zero-order valence-corrected chi connectivity index (χ0v) is 12.4. The van der Waals surface area contributed by atoms with Gasteiger partial charge in [0, 0.05) is 22.5 Å². The van der Waals surface area contributed by atoms with Crippen LogP contribution in [0.25, 0.3) is 0 Å². The number of benzene rings is 1. The van der Waals surface area contributed by atoms with Gasteiger partial charge in [-0.25, -0.2) is 0 Å². The van der Waals surface area contributed by atoms with Gasteiger partial charge >= 0.3 is 0 Å². The lowest BCUT2D eigenvalue weighted by Gasteiger charge is -2.08. The highest BCUT2D eigenvalue weighted by atomic mass is 79.9. The smallest absolute Gasteiger partial charge is 0.235 e. The fourth-order valence-corrected chi connectivity index (χ4v) is 3.44. The molecule has 0 unspecified atom stereocenters. The Balaban J connectivity index is 1.89. The topological polar surface area (TPSA) is 46.2 Å². The molecule has 1 aliphatic carbocycles. The number of anilines is 1. The van der Waals surface area contributed by atoms with Crippen LogP contribution in [0.2, 0.25) is 0 Å². The summed E-state index contributed by atoms with van der Waals surface area (Å²) >= 11 is 3.44. The van der Waals surface area contributed by atoms with E-state index >= 15 is 0 Å². The molecule has 0 bridgehead atoms. The van der Waals surface area contributed by atoms with Crippen molar-refractivity contribution in [2.45, 2.75) is 38.0 Å². The second kappa shape index (κ2) is 4.44. The summed E-state index contributed by atoms with van der Waals surface area (Å²) in [4.78, 5) is 24.4. The first-order valence-electron chi connectivity index (χ1n) is 6.74. The van der Waals surface area contributed by atoms with E-state index in [1.54, 1.807) is 0 Å². The molecule has 1 spiro atoms. The number of unbranched alkanes of at least 4 members (excludes halogenated alkanes) is 1. The van der Waals surface area contributed by atoms with Gasteiger partial charge in [-0.15, -0.1) is 0 Å². The van der Waals surface area contributed by atoms with Gasteiger partial charge in [-0.1, -0.05) is 29.3 Å². The van der Waals surface area contributed by atoms with Gasteiger partial charge in [0.1, 0.15) is 5.78 Å². The minimum atomic E-state index is -0.566.